The zero-order valence-electron chi connectivity index (χ0n) is 14.0. The topological polar surface area (TPSA) is 55.8 Å². The molecule has 0 aliphatic carbocycles. The number of ketones is 1. The maximum Gasteiger partial charge on any atom is 0.573 e. The molecule has 0 spiro atoms. The molecule has 0 amide bonds. The number of Topliss-reactive ketones (excluding diaryl/α,β-unsaturated/α-hetero) is 1. The standard InChI is InChI=1S/C18H16F3NO4/c1-12(24)10-22(2)16-9-14(5-8-17(16)25-11-23)13-3-6-15(7-4-13)26-18(19,20)21/h3-9,11H,10H2,1-2H3. The van der Waals surface area contributed by atoms with E-state index in [1.54, 1.807) is 30.1 Å². The molecular formula is C18H16F3NO4. The number of likely N-dealkylation sites (N-methyl/N-ethyl adjacent to an activating group) is 1. The zero-order chi connectivity index (χ0) is 19.3. The van der Waals surface area contributed by atoms with E-state index in [-0.39, 0.29) is 30.3 Å². The number of hydrogen-bond donors (Lipinski definition) is 0. The summed E-state index contributed by atoms with van der Waals surface area (Å²) >= 11 is 0. The first-order valence-electron chi connectivity index (χ1n) is 7.50. The van der Waals surface area contributed by atoms with Crippen LogP contribution in [0.25, 0.3) is 11.1 Å². The normalized spacial score (nSPS) is 11.0. The number of ether oxygens (including phenoxy) is 2. The van der Waals surface area contributed by atoms with Gasteiger partial charge in [-0.05, 0) is 42.3 Å². The molecule has 0 aromatic heterocycles. The highest BCUT2D eigenvalue weighted by atomic mass is 19.4. The van der Waals surface area contributed by atoms with Crippen molar-refractivity contribution in [1.82, 2.24) is 0 Å². The number of anilines is 1. The third-order valence-electron chi connectivity index (χ3n) is 3.43. The Kier molecular flexibility index (Phi) is 5.86. The van der Waals surface area contributed by atoms with E-state index in [0.717, 1.165) is 0 Å². The Bertz CT molecular complexity index is 788. The summed E-state index contributed by atoms with van der Waals surface area (Å²) in [6.45, 7) is 1.82. The van der Waals surface area contributed by atoms with Crippen LogP contribution >= 0.6 is 0 Å². The Labute approximate surface area is 147 Å². The van der Waals surface area contributed by atoms with Gasteiger partial charge in [0.15, 0.2) is 5.75 Å². The summed E-state index contributed by atoms with van der Waals surface area (Å²) < 4.78 is 45.5. The lowest BCUT2D eigenvalue weighted by molar-refractivity contribution is -0.274. The molecule has 2 rings (SSSR count). The fourth-order valence-electron chi connectivity index (χ4n) is 2.41. The molecule has 0 heterocycles. The lowest BCUT2D eigenvalue weighted by Gasteiger charge is -2.21. The highest BCUT2D eigenvalue weighted by Crippen LogP contribution is 2.34. The van der Waals surface area contributed by atoms with Crippen LogP contribution in [-0.4, -0.2) is 32.2 Å². The molecule has 0 saturated heterocycles. The quantitative estimate of drug-likeness (QED) is 0.697. The lowest BCUT2D eigenvalue weighted by Crippen LogP contribution is -2.24. The third-order valence-corrected chi connectivity index (χ3v) is 3.43. The molecule has 0 N–H and O–H groups in total. The van der Waals surface area contributed by atoms with Gasteiger partial charge in [-0.2, -0.15) is 0 Å². The second kappa shape index (κ2) is 7.90. The van der Waals surface area contributed by atoms with Gasteiger partial charge < -0.3 is 14.4 Å². The maximum atomic E-state index is 12.2. The predicted octanol–water partition coefficient (Wildman–Crippen LogP) is 3.81. The van der Waals surface area contributed by atoms with Crippen molar-refractivity contribution in [3.05, 3.63) is 42.5 Å². The number of carbonyl (C=O) groups is 2. The van der Waals surface area contributed by atoms with Crippen molar-refractivity contribution < 1.29 is 32.2 Å². The summed E-state index contributed by atoms with van der Waals surface area (Å²) in [7, 11) is 1.67. The van der Waals surface area contributed by atoms with Gasteiger partial charge >= 0.3 is 6.36 Å². The largest absolute Gasteiger partial charge is 0.573 e. The van der Waals surface area contributed by atoms with Gasteiger partial charge in [-0.1, -0.05) is 18.2 Å². The summed E-state index contributed by atoms with van der Waals surface area (Å²) in [4.78, 5) is 23.6. The minimum Gasteiger partial charge on any atom is -0.427 e. The first-order chi connectivity index (χ1) is 12.2. The van der Waals surface area contributed by atoms with E-state index in [1.165, 1.54) is 31.2 Å². The first kappa shape index (κ1) is 19.3. The van der Waals surface area contributed by atoms with Gasteiger partial charge in [0, 0.05) is 7.05 Å². The fraction of sp³-hybridized carbons (Fsp3) is 0.222. The van der Waals surface area contributed by atoms with Crippen LogP contribution in [0.15, 0.2) is 42.5 Å². The van der Waals surface area contributed by atoms with Crippen LogP contribution in [0, 0.1) is 0 Å². The number of halogens is 3. The Morgan fingerprint density at radius 2 is 1.73 bits per heavy atom. The Morgan fingerprint density at radius 1 is 1.12 bits per heavy atom. The zero-order valence-corrected chi connectivity index (χ0v) is 14.0. The molecule has 5 nitrogen and oxygen atoms in total. The van der Waals surface area contributed by atoms with Crippen molar-refractivity contribution in [1.29, 1.82) is 0 Å². The van der Waals surface area contributed by atoms with Gasteiger partial charge in [-0.3, -0.25) is 9.59 Å². The Morgan fingerprint density at radius 3 is 2.27 bits per heavy atom. The number of alkyl halides is 3. The van der Waals surface area contributed by atoms with Crippen LogP contribution in [0.4, 0.5) is 18.9 Å². The average molecular weight is 367 g/mol. The second-order valence-corrected chi connectivity index (χ2v) is 5.53. The molecule has 0 aliphatic heterocycles. The van der Waals surface area contributed by atoms with Crippen molar-refractivity contribution in [3.8, 4) is 22.6 Å². The Hall–Kier alpha value is -3.03. The van der Waals surface area contributed by atoms with E-state index in [4.69, 9.17) is 4.74 Å². The monoisotopic (exact) mass is 367 g/mol. The lowest BCUT2D eigenvalue weighted by atomic mass is 10.0. The maximum absolute atomic E-state index is 12.2. The summed E-state index contributed by atoms with van der Waals surface area (Å²) in [5, 5.41) is 0. The van der Waals surface area contributed by atoms with E-state index in [2.05, 4.69) is 4.74 Å². The summed E-state index contributed by atoms with van der Waals surface area (Å²) in [5.41, 5.74) is 1.81. The van der Waals surface area contributed by atoms with E-state index < -0.39 is 6.36 Å². The fourth-order valence-corrected chi connectivity index (χ4v) is 2.41. The van der Waals surface area contributed by atoms with Crippen LogP contribution in [-0.2, 0) is 9.59 Å². The number of hydrogen-bond acceptors (Lipinski definition) is 5. The third kappa shape index (κ3) is 5.23. The van der Waals surface area contributed by atoms with Crippen molar-refractivity contribution in [2.24, 2.45) is 0 Å². The van der Waals surface area contributed by atoms with Crippen molar-refractivity contribution >= 4 is 17.9 Å². The molecule has 26 heavy (non-hydrogen) atoms. The molecule has 8 heteroatoms. The first-order valence-corrected chi connectivity index (χ1v) is 7.50. The molecule has 0 radical (unpaired) electrons. The van der Waals surface area contributed by atoms with Gasteiger partial charge in [0.25, 0.3) is 6.47 Å². The molecular weight excluding hydrogens is 351 g/mol. The van der Waals surface area contributed by atoms with Crippen LogP contribution in [0.2, 0.25) is 0 Å². The van der Waals surface area contributed by atoms with E-state index >= 15 is 0 Å². The summed E-state index contributed by atoms with van der Waals surface area (Å²) in [6.07, 6.45) is -4.75. The number of rotatable bonds is 7. The molecule has 0 bridgehead atoms. The van der Waals surface area contributed by atoms with Crippen LogP contribution in [0.1, 0.15) is 6.92 Å². The van der Waals surface area contributed by atoms with Gasteiger partial charge in [0.2, 0.25) is 0 Å². The molecule has 2 aromatic carbocycles. The van der Waals surface area contributed by atoms with E-state index in [0.29, 0.717) is 16.8 Å². The molecule has 138 valence electrons. The van der Waals surface area contributed by atoms with Crippen LogP contribution in [0.3, 0.4) is 0 Å². The molecule has 0 atom stereocenters. The van der Waals surface area contributed by atoms with Gasteiger partial charge in [0.1, 0.15) is 11.5 Å². The molecule has 2 aromatic rings. The summed E-state index contributed by atoms with van der Waals surface area (Å²) in [6, 6.07) is 10.3. The average Bonchev–Trinajstić information content (AvgIpc) is 2.54. The highest BCUT2D eigenvalue weighted by Gasteiger charge is 2.30. The van der Waals surface area contributed by atoms with E-state index in [1.807, 2.05) is 0 Å². The van der Waals surface area contributed by atoms with Gasteiger partial charge in [-0.25, -0.2) is 0 Å². The van der Waals surface area contributed by atoms with Crippen LogP contribution in [0.5, 0.6) is 11.5 Å². The second-order valence-electron chi connectivity index (χ2n) is 5.53. The summed E-state index contributed by atoms with van der Waals surface area (Å²) in [5.74, 6) is -0.135. The molecule has 0 aliphatic rings. The molecule has 0 unspecified atom stereocenters. The van der Waals surface area contributed by atoms with Gasteiger partial charge in [-0.15, -0.1) is 13.2 Å². The number of nitrogens with zero attached hydrogens (tertiary/aromatic N) is 1. The van der Waals surface area contributed by atoms with Crippen LogP contribution < -0.4 is 14.4 Å². The minimum absolute atomic E-state index is 0.0800. The smallest absolute Gasteiger partial charge is 0.427 e. The molecule has 0 fully saturated rings. The highest BCUT2D eigenvalue weighted by molar-refractivity contribution is 5.83. The predicted molar refractivity (Wildman–Crippen MR) is 89.2 cm³/mol. The SMILES string of the molecule is CC(=O)CN(C)c1cc(-c2ccc(OC(F)(F)F)cc2)ccc1OC=O. The van der Waals surface area contributed by atoms with Crippen molar-refractivity contribution in [2.75, 3.05) is 18.5 Å². The minimum atomic E-state index is -4.75. The van der Waals surface area contributed by atoms with Gasteiger partial charge in [0.05, 0.1) is 12.2 Å². The Balaban J connectivity index is 2.34. The number of carbonyl (C=O) groups excluding carboxylic acids is 2. The van der Waals surface area contributed by atoms with E-state index in [9.17, 15) is 22.8 Å². The van der Waals surface area contributed by atoms with Crippen molar-refractivity contribution in [3.63, 3.8) is 0 Å². The number of benzene rings is 2. The van der Waals surface area contributed by atoms with Crippen molar-refractivity contribution in [2.45, 2.75) is 13.3 Å². The molecule has 0 saturated carbocycles.